The topological polar surface area (TPSA) is 27.0 Å². The third kappa shape index (κ3) is 3.84. The monoisotopic (exact) mass is 394 g/mol. The van der Waals surface area contributed by atoms with Crippen LogP contribution in [0.5, 0.6) is 0 Å². The SMILES string of the molecule is CCCN1c2cc(Cl)c(/C=C(\C#N)c3ccc(F)cc3)cc2C(C)=CC1(C)C. The zero-order valence-electron chi connectivity index (χ0n) is 16.7. The van der Waals surface area contributed by atoms with Crippen molar-refractivity contribution in [3.05, 3.63) is 70.0 Å². The summed E-state index contributed by atoms with van der Waals surface area (Å²) in [6.07, 6.45) is 5.09. The fraction of sp³-hybridized carbons (Fsp3) is 0.292. The van der Waals surface area contributed by atoms with Gasteiger partial charge in [-0.25, -0.2) is 4.39 Å². The second-order valence-corrected chi connectivity index (χ2v) is 8.11. The van der Waals surface area contributed by atoms with Crippen molar-refractivity contribution >= 4 is 34.5 Å². The van der Waals surface area contributed by atoms with Crippen LogP contribution in [0.1, 0.15) is 50.8 Å². The van der Waals surface area contributed by atoms with Gasteiger partial charge in [0.05, 0.1) is 17.2 Å². The average Bonchev–Trinajstić information content (AvgIpc) is 2.64. The molecule has 1 aliphatic rings. The highest BCUT2D eigenvalue weighted by Crippen LogP contribution is 2.42. The highest BCUT2D eigenvalue weighted by atomic mass is 35.5. The normalized spacial score (nSPS) is 15.7. The van der Waals surface area contributed by atoms with Crippen LogP contribution in [-0.2, 0) is 0 Å². The maximum atomic E-state index is 13.2. The van der Waals surface area contributed by atoms with Gasteiger partial charge >= 0.3 is 0 Å². The molecule has 2 aromatic rings. The maximum Gasteiger partial charge on any atom is 0.123 e. The Bertz CT molecular complexity index is 995. The summed E-state index contributed by atoms with van der Waals surface area (Å²) in [5.74, 6) is -0.327. The van der Waals surface area contributed by atoms with Gasteiger partial charge in [-0.1, -0.05) is 36.7 Å². The summed E-state index contributed by atoms with van der Waals surface area (Å²) in [5.41, 5.74) is 5.25. The Morgan fingerprint density at radius 2 is 1.93 bits per heavy atom. The van der Waals surface area contributed by atoms with E-state index in [0.29, 0.717) is 16.2 Å². The quantitative estimate of drug-likeness (QED) is 0.414. The third-order valence-electron chi connectivity index (χ3n) is 5.12. The number of nitrogens with zero attached hydrogens (tertiary/aromatic N) is 2. The van der Waals surface area contributed by atoms with Crippen molar-refractivity contribution in [1.29, 1.82) is 5.26 Å². The van der Waals surface area contributed by atoms with Crippen molar-refractivity contribution in [2.45, 2.75) is 39.7 Å². The number of rotatable bonds is 4. The Morgan fingerprint density at radius 1 is 1.25 bits per heavy atom. The highest BCUT2D eigenvalue weighted by molar-refractivity contribution is 6.32. The van der Waals surface area contributed by atoms with Gasteiger partial charge in [0.2, 0.25) is 0 Å². The van der Waals surface area contributed by atoms with Crippen molar-refractivity contribution < 1.29 is 4.39 Å². The predicted octanol–water partition coefficient (Wildman–Crippen LogP) is 6.96. The maximum absolute atomic E-state index is 13.2. The van der Waals surface area contributed by atoms with Gasteiger partial charge in [-0.2, -0.15) is 5.26 Å². The molecule has 28 heavy (non-hydrogen) atoms. The van der Waals surface area contributed by atoms with E-state index >= 15 is 0 Å². The molecule has 0 aliphatic carbocycles. The lowest BCUT2D eigenvalue weighted by Crippen LogP contribution is -2.45. The molecule has 0 amide bonds. The summed E-state index contributed by atoms with van der Waals surface area (Å²) in [7, 11) is 0. The molecule has 0 spiro atoms. The molecule has 0 aromatic heterocycles. The van der Waals surface area contributed by atoms with E-state index < -0.39 is 0 Å². The minimum absolute atomic E-state index is 0.0836. The first kappa shape index (κ1) is 20.2. The van der Waals surface area contributed by atoms with Crippen LogP contribution in [-0.4, -0.2) is 12.1 Å². The zero-order valence-corrected chi connectivity index (χ0v) is 17.4. The molecule has 0 saturated heterocycles. The molecule has 1 heterocycles. The molecule has 0 N–H and O–H groups in total. The third-order valence-corrected chi connectivity index (χ3v) is 5.45. The first-order valence-corrected chi connectivity index (χ1v) is 9.83. The van der Waals surface area contributed by atoms with Crippen LogP contribution in [0.4, 0.5) is 10.1 Å². The van der Waals surface area contributed by atoms with Crippen LogP contribution >= 0.6 is 11.6 Å². The second-order valence-electron chi connectivity index (χ2n) is 7.70. The van der Waals surface area contributed by atoms with Crippen LogP contribution in [0.25, 0.3) is 17.2 Å². The Balaban J connectivity index is 2.12. The van der Waals surface area contributed by atoms with Crippen molar-refractivity contribution in [3.63, 3.8) is 0 Å². The fourth-order valence-electron chi connectivity index (χ4n) is 3.82. The Kier molecular flexibility index (Phi) is 5.63. The van der Waals surface area contributed by atoms with Crippen LogP contribution < -0.4 is 4.90 Å². The van der Waals surface area contributed by atoms with E-state index in [0.717, 1.165) is 29.8 Å². The van der Waals surface area contributed by atoms with E-state index in [1.807, 2.05) is 12.1 Å². The van der Waals surface area contributed by atoms with Crippen LogP contribution in [0, 0.1) is 17.1 Å². The summed E-state index contributed by atoms with van der Waals surface area (Å²) in [5, 5.41) is 10.2. The number of halogens is 2. The molecule has 0 fully saturated rings. The summed E-state index contributed by atoms with van der Waals surface area (Å²) < 4.78 is 13.2. The van der Waals surface area contributed by atoms with Gasteiger partial charge in [-0.3, -0.25) is 0 Å². The number of hydrogen-bond donors (Lipinski definition) is 0. The van der Waals surface area contributed by atoms with Gasteiger partial charge < -0.3 is 4.90 Å². The number of nitriles is 1. The molecule has 2 aromatic carbocycles. The van der Waals surface area contributed by atoms with E-state index in [-0.39, 0.29) is 11.4 Å². The minimum Gasteiger partial charge on any atom is -0.362 e. The van der Waals surface area contributed by atoms with Crippen molar-refractivity contribution in [2.75, 3.05) is 11.4 Å². The van der Waals surface area contributed by atoms with Crippen LogP contribution in [0.2, 0.25) is 5.02 Å². The number of anilines is 1. The summed E-state index contributed by atoms with van der Waals surface area (Å²) in [6, 6.07) is 12.2. The highest BCUT2D eigenvalue weighted by Gasteiger charge is 2.31. The first-order valence-electron chi connectivity index (χ1n) is 9.45. The van der Waals surface area contributed by atoms with Gasteiger partial charge in [-0.05, 0) is 74.2 Å². The summed E-state index contributed by atoms with van der Waals surface area (Å²) in [4.78, 5) is 2.37. The molecule has 1 aliphatic heterocycles. The fourth-order valence-corrected chi connectivity index (χ4v) is 4.04. The van der Waals surface area contributed by atoms with Crippen LogP contribution in [0.3, 0.4) is 0 Å². The molecule has 4 heteroatoms. The first-order chi connectivity index (χ1) is 13.3. The molecule has 2 nitrogen and oxygen atoms in total. The minimum atomic E-state index is -0.327. The number of hydrogen-bond acceptors (Lipinski definition) is 2. The van der Waals surface area contributed by atoms with Crippen molar-refractivity contribution in [2.24, 2.45) is 0 Å². The average molecular weight is 395 g/mol. The van der Waals surface area contributed by atoms with E-state index in [2.05, 4.69) is 44.7 Å². The number of fused-ring (bicyclic) bond motifs is 1. The van der Waals surface area contributed by atoms with Crippen molar-refractivity contribution in [3.8, 4) is 6.07 Å². The van der Waals surface area contributed by atoms with Gasteiger partial charge in [-0.15, -0.1) is 0 Å². The van der Waals surface area contributed by atoms with Gasteiger partial charge in [0, 0.05) is 22.8 Å². The van der Waals surface area contributed by atoms with E-state index in [9.17, 15) is 9.65 Å². The largest absolute Gasteiger partial charge is 0.362 e. The molecule has 0 bridgehead atoms. The molecule has 0 radical (unpaired) electrons. The summed E-state index contributed by atoms with van der Waals surface area (Å²) >= 11 is 6.62. The molecule has 144 valence electrons. The number of benzene rings is 2. The van der Waals surface area contributed by atoms with Gasteiger partial charge in [0.1, 0.15) is 5.82 Å². The van der Waals surface area contributed by atoms with Crippen molar-refractivity contribution in [1.82, 2.24) is 0 Å². The van der Waals surface area contributed by atoms with E-state index in [4.69, 9.17) is 11.6 Å². The Labute approximate surface area is 171 Å². The van der Waals surface area contributed by atoms with Gasteiger partial charge in [0.25, 0.3) is 0 Å². The second kappa shape index (κ2) is 7.81. The lowest BCUT2D eigenvalue weighted by molar-refractivity contribution is 0.550. The molecule has 0 saturated carbocycles. The van der Waals surface area contributed by atoms with E-state index in [1.54, 1.807) is 18.2 Å². The summed E-state index contributed by atoms with van der Waals surface area (Å²) in [6.45, 7) is 9.63. The Morgan fingerprint density at radius 3 is 2.54 bits per heavy atom. The number of allylic oxidation sites excluding steroid dienone is 2. The van der Waals surface area contributed by atoms with E-state index in [1.165, 1.54) is 17.7 Å². The van der Waals surface area contributed by atoms with Crippen LogP contribution in [0.15, 0.2) is 42.5 Å². The molecule has 3 rings (SSSR count). The standard InChI is InChI=1S/C24H24ClFN2/c1-5-10-28-23-13-22(25)18(12-21(23)16(2)14-24(28,3)4)11-19(15-27)17-6-8-20(26)9-7-17/h6-9,11-14H,5,10H2,1-4H3/b19-11+. The lowest BCUT2D eigenvalue weighted by atomic mass is 9.87. The molecular formula is C24H24ClFN2. The molecular weight excluding hydrogens is 371 g/mol. The van der Waals surface area contributed by atoms with Gasteiger partial charge in [0.15, 0.2) is 0 Å². The predicted molar refractivity (Wildman–Crippen MR) is 117 cm³/mol. The Hall–Kier alpha value is -2.57. The smallest absolute Gasteiger partial charge is 0.123 e. The molecule has 0 atom stereocenters. The lowest BCUT2D eigenvalue weighted by Gasteiger charge is -2.43. The zero-order chi connectivity index (χ0) is 20.5. The molecule has 0 unspecified atom stereocenters.